The Morgan fingerprint density at radius 3 is 2.88 bits per heavy atom. The molecule has 0 spiro atoms. The first-order valence-electron chi connectivity index (χ1n) is 10.1. The third-order valence-corrected chi connectivity index (χ3v) is 5.59. The zero-order chi connectivity index (χ0) is 18.4. The van der Waals surface area contributed by atoms with E-state index in [0.29, 0.717) is 0 Å². The van der Waals surface area contributed by atoms with Crippen LogP contribution in [0.2, 0.25) is 0 Å². The lowest BCUT2D eigenvalue weighted by atomic mass is 9.96. The van der Waals surface area contributed by atoms with Crippen LogP contribution in [-0.2, 0) is 19.5 Å². The normalized spacial score (nSPS) is 18.5. The van der Waals surface area contributed by atoms with E-state index in [2.05, 4.69) is 66.3 Å². The number of rotatable bonds is 8. The highest BCUT2D eigenvalue weighted by atomic mass is 15.3. The lowest BCUT2D eigenvalue weighted by Gasteiger charge is -2.34. The minimum Gasteiger partial charge on any atom is -0.303 e. The van der Waals surface area contributed by atoms with Gasteiger partial charge in [-0.3, -0.25) is 4.68 Å². The van der Waals surface area contributed by atoms with Gasteiger partial charge in [0.15, 0.2) is 0 Å². The van der Waals surface area contributed by atoms with Crippen molar-refractivity contribution in [3.63, 3.8) is 0 Å². The number of aryl methyl sites for hydroxylation is 2. The van der Waals surface area contributed by atoms with E-state index >= 15 is 0 Å². The molecule has 1 aromatic carbocycles. The quantitative estimate of drug-likeness (QED) is 0.724. The Morgan fingerprint density at radius 2 is 2.12 bits per heavy atom. The maximum atomic E-state index is 4.39. The number of nitrogens with zero attached hydrogens (tertiary/aromatic N) is 4. The van der Waals surface area contributed by atoms with Crippen molar-refractivity contribution in [1.82, 2.24) is 19.6 Å². The minimum absolute atomic E-state index is 0.784. The summed E-state index contributed by atoms with van der Waals surface area (Å²) in [5.74, 6) is 0.784. The highest BCUT2D eigenvalue weighted by molar-refractivity contribution is 5.25. The van der Waals surface area contributed by atoms with Crippen molar-refractivity contribution < 1.29 is 0 Å². The van der Waals surface area contributed by atoms with Crippen LogP contribution in [0.15, 0.2) is 36.7 Å². The topological polar surface area (TPSA) is 24.3 Å². The molecule has 0 unspecified atom stereocenters. The van der Waals surface area contributed by atoms with Crippen LogP contribution in [0.3, 0.4) is 0 Å². The molecule has 0 radical (unpaired) electrons. The summed E-state index contributed by atoms with van der Waals surface area (Å²) in [4.78, 5) is 5.14. The number of benzene rings is 1. The molecule has 2 aromatic rings. The smallest absolute Gasteiger partial charge is 0.0534 e. The first kappa shape index (κ1) is 19.1. The summed E-state index contributed by atoms with van der Waals surface area (Å²) in [7, 11) is 2.25. The molecule has 142 valence electrons. The van der Waals surface area contributed by atoms with E-state index in [-0.39, 0.29) is 0 Å². The molecule has 0 aliphatic carbocycles. The lowest BCUT2D eigenvalue weighted by Crippen LogP contribution is -2.40. The van der Waals surface area contributed by atoms with Gasteiger partial charge >= 0.3 is 0 Å². The zero-order valence-electron chi connectivity index (χ0n) is 16.7. The van der Waals surface area contributed by atoms with Crippen LogP contribution >= 0.6 is 0 Å². The molecule has 4 nitrogen and oxygen atoms in total. The Labute approximate surface area is 158 Å². The van der Waals surface area contributed by atoms with Gasteiger partial charge in [-0.2, -0.15) is 5.10 Å². The fourth-order valence-corrected chi connectivity index (χ4v) is 4.15. The summed E-state index contributed by atoms with van der Waals surface area (Å²) < 4.78 is 2.01. The number of hydrogen-bond acceptors (Lipinski definition) is 3. The average Bonchev–Trinajstić information content (AvgIpc) is 3.09. The van der Waals surface area contributed by atoms with Crippen molar-refractivity contribution in [2.75, 3.05) is 33.2 Å². The molecule has 0 saturated carbocycles. The van der Waals surface area contributed by atoms with Gasteiger partial charge in [0.1, 0.15) is 0 Å². The van der Waals surface area contributed by atoms with Crippen LogP contribution in [0, 0.1) is 12.8 Å². The molecule has 1 aliphatic heterocycles. The molecular formula is C22H34N4. The second kappa shape index (κ2) is 9.33. The van der Waals surface area contributed by atoms with Crippen molar-refractivity contribution in [2.45, 2.75) is 46.2 Å². The number of aromatic nitrogens is 2. The first-order valence-corrected chi connectivity index (χ1v) is 10.1. The van der Waals surface area contributed by atoms with E-state index in [1.54, 1.807) is 0 Å². The van der Waals surface area contributed by atoms with E-state index in [4.69, 9.17) is 0 Å². The second-order valence-electron chi connectivity index (χ2n) is 7.89. The molecule has 0 amide bonds. The Morgan fingerprint density at radius 1 is 1.27 bits per heavy atom. The van der Waals surface area contributed by atoms with Gasteiger partial charge in [-0.05, 0) is 63.7 Å². The molecule has 3 rings (SSSR count). The van der Waals surface area contributed by atoms with Gasteiger partial charge in [0.2, 0.25) is 0 Å². The fraction of sp³-hybridized carbons (Fsp3) is 0.591. The molecule has 0 bridgehead atoms. The number of piperidine rings is 1. The highest BCUT2D eigenvalue weighted by Gasteiger charge is 2.21. The molecule has 1 fully saturated rings. The van der Waals surface area contributed by atoms with Gasteiger partial charge < -0.3 is 9.80 Å². The van der Waals surface area contributed by atoms with E-state index < -0.39 is 0 Å². The zero-order valence-corrected chi connectivity index (χ0v) is 16.7. The standard InChI is InChI=1S/C22H34N4/c1-4-26-18-21(14-23-26)16-24(3)15-20-9-7-12-25(17-20)13-11-22-10-6-5-8-19(22)2/h5-6,8,10,14,18,20H,4,7,9,11-13,15-17H2,1-3H3/t20-/m1/s1. The molecule has 1 aromatic heterocycles. The van der Waals surface area contributed by atoms with E-state index in [1.165, 1.54) is 62.1 Å². The summed E-state index contributed by atoms with van der Waals surface area (Å²) in [5, 5.41) is 4.39. The fourth-order valence-electron chi connectivity index (χ4n) is 4.15. The Balaban J connectivity index is 1.44. The Kier molecular flexibility index (Phi) is 6.86. The van der Waals surface area contributed by atoms with Gasteiger partial charge in [0, 0.05) is 44.5 Å². The molecule has 1 aliphatic rings. The molecule has 0 N–H and O–H groups in total. The van der Waals surface area contributed by atoms with Crippen molar-refractivity contribution in [3.05, 3.63) is 53.3 Å². The summed E-state index contributed by atoms with van der Waals surface area (Å²) in [6, 6.07) is 8.80. The third kappa shape index (κ3) is 5.42. The molecule has 1 atom stereocenters. The van der Waals surface area contributed by atoms with Crippen LogP contribution in [0.25, 0.3) is 0 Å². The molecule has 4 heteroatoms. The van der Waals surface area contributed by atoms with Gasteiger partial charge in [-0.1, -0.05) is 24.3 Å². The van der Waals surface area contributed by atoms with Crippen molar-refractivity contribution >= 4 is 0 Å². The Bertz CT molecular complexity index is 678. The third-order valence-electron chi connectivity index (χ3n) is 5.59. The van der Waals surface area contributed by atoms with Crippen molar-refractivity contribution in [2.24, 2.45) is 5.92 Å². The summed E-state index contributed by atoms with van der Waals surface area (Å²) >= 11 is 0. The van der Waals surface area contributed by atoms with Crippen LogP contribution in [0.1, 0.15) is 36.5 Å². The second-order valence-corrected chi connectivity index (χ2v) is 7.89. The first-order chi connectivity index (χ1) is 12.6. The highest BCUT2D eigenvalue weighted by Crippen LogP contribution is 2.19. The number of likely N-dealkylation sites (tertiary alicyclic amines) is 1. The van der Waals surface area contributed by atoms with Crippen LogP contribution in [-0.4, -0.2) is 52.8 Å². The van der Waals surface area contributed by atoms with Gasteiger partial charge in [-0.15, -0.1) is 0 Å². The molecule has 1 saturated heterocycles. The largest absolute Gasteiger partial charge is 0.303 e. The monoisotopic (exact) mass is 354 g/mol. The van der Waals surface area contributed by atoms with Crippen LogP contribution in [0.5, 0.6) is 0 Å². The molecule has 26 heavy (non-hydrogen) atoms. The molecule has 2 heterocycles. The van der Waals surface area contributed by atoms with E-state index in [0.717, 1.165) is 19.0 Å². The van der Waals surface area contributed by atoms with Crippen LogP contribution in [0.4, 0.5) is 0 Å². The van der Waals surface area contributed by atoms with Crippen LogP contribution < -0.4 is 0 Å². The Hall–Kier alpha value is -1.65. The van der Waals surface area contributed by atoms with Gasteiger partial charge in [0.05, 0.1) is 6.20 Å². The minimum atomic E-state index is 0.784. The SMILES string of the molecule is CCn1cc(CN(C)C[C@H]2CCCN(CCc3ccccc3C)C2)cn1. The predicted octanol–water partition coefficient (Wildman–Crippen LogP) is 3.60. The number of hydrogen-bond donors (Lipinski definition) is 0. The van der Waals surface area contributed by atoms with Gasteiger partial charge in [0.25, 0.3) is 0 Å². The van der Waals surface area contributed by atoms with Gasteiger partial charge in [-0.25, -0.2) is 0 Å². The average molecular weight is 355 g/mol. The van der Waals surface area contributed by atoms with E-state index in [1.807, 2.05) is 10.9 Å². The van der Waals surface area contributed by atoms with E-state index in [9.17, 15) is 0 Å². The predicted molar refractivity (Wildman–Crippen MR) is 108 cm³/mol. The lowest BCUT2D eigenvalue weighted by molar-refractivity contribution is 0.142. The van der Waals surface area contributed by atoms with Crippen molar-refractivity contribution in [3.8, 4) is 0 Å². The maximum absolute atomic E-state index is 4.39. The summed E-state index contributed by atoms with van der Waals surface area (Å²) in [6.45, 7) is 11.2. The summed E-state index contributed by atoms with van der Waals surface area (Å²) in [5.41, 5.74) is 4.25. The summed E-state index contributed by atoms with van der Waals surface area (Å²) in [6.07, 6.45) is 8.05. The molecular weight excluding hydrogens is 320 g/mol. The van der Waals surface area contributed by atoms with Crippen molar-refractivity contribution in [1.29, 1.82) is 0 Å². The maximum Gasteiger partial charge on any atom is 0.0534 e.